The van der Waals surface area contributed by atoms with Gasteiger partial charge in [0.05, 0.1) is 9.21 Å². The SMILES string of the molecule is O=C(COC(=O)c1cc2cc(F)ccc2s1)c1ccc(Cl)s1. The van der Waals surface area contributed by atoms with Crippen molar-refractivity contribution in [1.82, 2.24) is 0 Å². The molecule has 0 aliphatic heterocycles. The van der Waals surface area contributed by atoms with Crippen LogP contribution in [0, 0.1) is 5.82 Å². The predicted octanol–water partition coefficient (Wildman–Crippen LogP) is 4.80. The van der Waals surface area contributed by atoms with Gasteiger partial charge < -0.3 is 4.74 Å². The summed E-state index contributed by atoms with van der Waals surface area (Å²) in [6.07, 6.45) is 0. The zero-order valence-electron chi connectivity index (χ0n) is 11.0. The number of ketones is 1. The molecule has 0 saturated carbocycles. The van der Waals surface area contributed by atoms with Crippen LogP contribution in [0.5, 0.6) is 0 Å². The molecule has 0 aliphatic rings. The molecule has 3 aromatic rings. The van der Waals surface area contributed by atoms with Crippen LogP contribution in [0.25, 0.3) is 10.1 Å². The van der Waals surface area contributed by atoms with Gasteiger partial charge in [-0.3, -0.25) is 4.79 Å². The molecule has 3 nitrogen and oxygen atoms in total. The number of esters is 1. The van der Waals surface area contributed by atoms with Crippen LogP contribution in [0.1, 0.15) is 19.3 Å². The molecule has 0 unspecified atom stereocenters. The van der Waals surface area contributed by atoms with Gasteiger partial charge in [0.2, 0.25) is 5.78 Å². The number of carbonyl (C=O) groups is 2. The highest BCUT2D eigenvalue weighted by atomic mass is 35.5. The van der Waals surface area contributed by atoms with Gasteiger partial charge in [0.1, 0.15) is 10.7 Å². The van der Waals surface area contributed by atoms with E-state index in [4.69, 9.17) is 16.3 Å². The first-order valence-corrected chi connectivity index (χ1v) is 8.19. The van der Waals surface area contributed by atoms with Crippen molar-refractivity contribution in [3.05, 3.63) is 56.3 Å². The molecule has 1 aromatic carbocycles. The fourth-order valence-corrected chi connectivity index (χ4v) is 3.76. The number of hydrogen-bond acceptors (Lipinski definition) is 5. The van der Waals surface area contributed by atoms with E-state index in [0.29, 0.717) is 19.5 Å². The first kappa shape index (κ1) is 15.1. The zero-order valence-corrected chi connectivity index (χ0v) is 13.4. The van der Waals surface area contributed by atoms with Gasteiger partial charge in [-0.05, 0) is 41.8 Å². The van der Waals surface area contributed by atoms with Crippen molar-refractivity contribution in [2.75, 3.05) is 6.61 Å². The van der Waals surface area contributed by atoms with Gasteiger partial charge in [0.25, 0.3) is 0 Å². The Labute approximate surface area is 137 Å². The molecule has 7 heteroatoms. The van der Waals surface area contributed by atoms with E-state index >= 15 is 0 Å². The molecule has 22 heavy (non-hydrogen) atoms. The number of Topliss-reactive ketones (excluding diaryl/α,β-unsaturated/α-hetero) is 1. The number of halogens is 2. The van der Waals surface area contributed by atoms with E-state index in [1.165, 1.54) is 23.5 Å². The van der Waals surface area contributed by atoms with Crippen LogP contribution in [-0.4, -0.2) is 18.4 Å². The Hall–Kier alpha value is -1.76. The van der Waals surface area contributed by atoms with Crippen molar-refractivity contribution in [2.24, 2.45) is 0 Å². The number of fused-ring (bicyclic) bond motifs is 1. The second-order valence-corrected chi connectivity index (χ2v) is 7.19. The zero-order chi connectivity index (χ0) is 15.7. The molecule has 0 bridgehead atoms. The van der Waals surface area contributed by atoms with Crippen LogP contribution in [0.2, 0.25) is 4.34 Å². The smallest absolute Gasteiger partial charge is 0.348 e. The second kappa shape index (κ2) is 6.16. The summed E-state index contributed by atoms with van der Waals surface area (Å²) in [5, 5.41) is 0.633. The third-order valence-corrected chi connectivity index (χ3v) is 5.23. The molecule has 3 rings (SSSR count). The number of ether oxygens (including phenoxy) is 1. The van der Waals surface area contributed by atoms with Gasteiger partial charge in [0.15, 0.2) is 6.61 Å². The average molecular weight is 355 g/mol. The van der Waals surface area contributed by atoms with Gasteiger partial charge >= 0.3 is 5.97 Å². The number of thiophene rings is 2. The summed E-state index contributed by atoms with van der Waals surface area (Å²) >= 11 is 8.08. The van der Waals surface area contributed by atoms with Gasteiger partial charge in [-0.25, -0.2) is 9.18 Å². The van der Waals surface area contributed by atoms with Crippen molar-refractivity contribution in [3.8, 4) is 0 Å². The average Bonchev–Trinajstić information content (AvgIpc) is 3.10. The Balaban J connectivity index is 1.69. The van der Waals surface area contributed by atoms with E-state index in [-0.39, 0.29) is 18.2 Å². The minimum Gasteiger partial charge on any atom is -0.453 e. The maximum Gasteiger partial charge on any atom is 0.348 e. The van der Waals surface area contributed by atoms with Crippen LogP contribution < -0.4 is 0 Å². The lowest BCUT2D eigenvalue weighted by atomic mass is 10.2. The van der Waals surface area contributed by atoms with E-state index in [9.17, 15) is 14.0 Å². The summed E-state index contributed by atoms with van der Waals surface area (Å²) in [7, 11) is 0. The molecular weight excluding hydrogens is 347 g/mol. The van der Waals surface area contributed by atoms with Crippen molar-refractivity contribution >= 4 is 56.1 Å². The maximum absolute atomic E-state index is 13.1. The molecule has 0 atom stereocenters. The number of rotatable bonds is 4. The summed E-state index contributed by atoms with van der Waals surface area (Å²) in [5.74, 6) is -1.27. The summed E-state index contributed by atoms with van der Waals surface area (Å²) in [5.41, 5.74) is 0. The van der Waals surface area contributed by atoms with Crippen molar-refractivity contribution in [2.45, 2.75) is 0 Å². The highest BCUT2D eigenvalue weighted by molar-refractivity contribution is 7.20. The van der Waals surface area contributed by atoms with Crippen molar-refractivity contribution < 1.29 is 18.7 Å². The molecule has 0 spiro atoms. The lowest BCUT2D eigenvalue weighted by Crippen LogP contribution is -2.12. The number of hydrogen-bond donors (Lipinski definition) is 0. The van der Waals surface area contributed by atoms with E-state index in [1.54, 1.807) is 24.3 Å². The lowest BCUT2D eigenvalue weighted by Gasteiger charge is -2.00. The fourth-order valence-electron chi connectivity index (χ4n) is 1.85. The monoisotopic (exact) mass is 354 g/mol. The van der Waals surface area contributed by atoms with Crippen molar-refractivity contribution in [3.63, 3.8) is 0 Å². The molecular formula is C15H8ClFO3S2. The fraction of sp³-hybridized carbons (Fsp3) is 0.0667. The normalized spacial score (nSPS) is 10.8. The Bertz CT molecular complexity index is 869. The molecule has 0 amide bonds. The summed E-state index contributed by atoms with van der Waals surface area (Å²) in [6, 6.07) is 9.04. The highest BCUT2D eigenvalue weighted by Gasteiger charge is 2.15. The standard InChI is InChI=1S/C15H8ClFO3S2/c16-14-4-3-12(22-14)10(18)7-20-15(19)13-6-8-5-9(17)1-2-11(8)21-13/h1-6H,7H2. The topological polar surface area (TPSA) is 43.4 Å². The summed E-state index contributed by atoms with van der Waals surface area (Å²) < 4.78 is 19.4. The molecule has 0 fully saturated rings. The summed E-state index contributed by atoms with van der Waals surface area (Å²) in [4.78, 5) is 24.6. The Kier molecular flexibility index (Phi) is 4.24. The van der Waals surface area contributed by atoms with Crippen LogP contribution in [-0.2, 0) is 4.74 Å². The second-order valence-electron chi connectivity index (χ2n) is 4.40. The van der Waals surface area contributed by atoms with Gasteiger partial charge in [-0.15, -0.1) is 22.7 Å². The van der Waals surface area contributed by atoms with Crippen LogP contribution >= 0.6 is 34.3 Å². The van der Waals surface area contributed by atoms with Crippen LogP contribution in [0.3, 0.4) is 0 Å². The van der Waals surface area contributed by atoms with Crippen LogP contribution in [0.4, 0.5) is 4.39 Å². The van der Waals surface area contributed by atoms with E-state index in [0.717, 1.165) is 16.0 Å². The van der Waals surface area contributed by atoms with Gasteiger partial charge in [-0.1, -0.05) is 11.6 Å². The molecule has 2 heterocycles. The van der Waals surface area contributed by atoms with E-state index in [2.05, 4.69) is 0 Å². The van der Waals surface area contributed by atoms with Gasteiger partial charge in [0, 0.05) is 4.70 Å². The first-order chi connectivity index (χ1) is 10.5. The lowest BCUT2D eigenvalue weighted by molar-refractivity contribution is 0.0481. The quantitative estimate of drug-likeness (QED) is 0.499. The predicted molar refractivity (Wildman–Crippen MR) is 85.7 cm³/mol. The third kappa shape index (κ3) is 3.19. The third-order valence-electron chi connectivity index (χ3n) is 2.86. The maximum atomic E-state index is 13.1. The number of carbonyl (C=O) groups excluding carboxylic acids is 2. The molecule has 0 aliphatic carbocycles. The number of benzene rings is 1. The minimum atomic E-state index is -0.599. The molecule has 112 valence electrons. The van der Waals surface area contributed by atoms with Gasteiger partial charge in [-0.2, -0.15) is 0 Å². The van der Waals surface area contributed by atoms with Crippen molar-refractivity contribution in [1.29, 1.82) is 0 Å². The molecule has 0 saturated heterocycles. The highest BCUT2D eigenvalue weighted by Crippen LogP contribution is 2.27. The van der Waals surface area contributed by atoms with E-state index in [1.807, 2.05) is 0 Å². The Morgan fingerprint density at radius 1 is 1.09 bits per heavy atom. The molecule has 0 radical (unpaired) electrons. The first-order valence-electron chi connectivity index (χ1n) is 6.18. The minimum absolute atomic E-state index is 0.308. The largest absolute Gasteiger partial charge is 0.453 e. The Morgan fingerprint density at radius 3 is 2.64 bits per heavy atom. The molecule has 2 aromatic heterocycles. The van der Waals surface area contributed by atoms with E-state index < -0.39 is 5.97 Å². The molecule has 0 N–H and O–H groups in total. The van der Waals surface area contributed by atoms with Crippen LogP contribution in [0.15, 0.2) is 36.4 Å². The summed E-state index contributed by atoms with van der Waals surface area (Å²) in [6.45, 7) is -0.349. The Morgan fingerprint density at radius 2 is 1.91 bits per heavy atom.